The minimum atomic E-state index is -0.182. The minimum absolute atomic E-state index is 0.128. The van der Waals surface area contributed by atoms with Gasteiger partial charge in [-0.25, -0.2) is 0 Å². The standard InChI is InChI=1S/C15H18ClN5OS/c1-10(23-13-7-3-2-6-12(13)16)15(22)21-8-4-5-11(9-21)14-17-19-20-18-14/h2-3,6-7,10-11H,4-5,8-9H2,1H3,(H,17,18,19,20)/t10-,11-/m1/s1. The van der Waals surface area contributed by atoms with E-state index in [-0.39, 0.29) is 17.1 Å². The van der Waals surface area contributed by atoms with Crippen molar-refractivity contribution in [3.63, 3.8) is 0 Å². The molecule has 8 heteroatoms. The molecule has 1 aliphatic heterocycles. The maximum absolute atomic E-state index is 12.7. The molecule has 0 aliphatic carbocycles. The van der Waals surface area contributed by atoms with Crippen LogP contribution in [0.2, 0.25) is 5.02 Å². The number of H-pyrrole nitrogens is 1. The molecule has 0 unspecified atom stereocenters. The number of carbonyl (C=O) groups excluding carboxylic acids is 1. The Hall–Kier alpha value is -1.60. The van der Waals surface area contributed by atoms with E-state index in [1.807, 2.05) is 36.1 Å². The Labute approximate surface area is 144 Å². The first-order chi connectivity index (χ1) is 11.1. The largest absolute Gasteiger partial charge is 0.341 e. The van der Waals surface area contributed by atoms with Gasteiger partial charge in [-0.05, 0) is 31.9 Å². The van der Waals surface area contributed by atoms with Gasteiger partial charge in [-0.2, -0.15) is 5.21 Å². The molecule has 1 saturated heterocycles. The van der Waals surface area contributed by atoms with Gasteiger partial charge in [0.05, 0.1) is 10.3 Å². The highest BCUT2D eigenvalue weighted by Gasteiger charge is 2.30. The van der Waals surface area contributed by atoms with Crippen LogP contribution < -0.4 is 0 Å². The number of piperidine rings is 1. The van der Waals surface area contributed by atoms with Crippen LogP contribution in [-0.2, 0) is 4.79 Å². The fraction of sp³-hybridized carbons (Fsp3) is 0.467. The summed E-state index contributed by atoms with van der Waals surface area (Å²) in [5, 5.41) is 14.7. The van der Waals surface area contributed by atoms with E-state index in [0.717, 1.165) is 24.3 Å². The van der Waals surface area contributed by atoms with Crippen LogP contribution in [0.3, 0.4) is 0 Å². The number of benzene rings is 1. The highest BCUT2D eigenvalue weighted by molar-refractivity contribution is 8.00. The summed E-state index contributed by atoms with van der Waals surface area (Å²) < 4.78 is 0. The average molecular weight is 352 g/mol. The van der Waals surface area contributed by atoms with Gasteiger partial charge in [-0.15, -0.1) is 22.0 Å². The Kier molecular flexibility index (Phi) is 5.17. The molecular weight excluding hydrogens is 334 g/mol. The number of aromatic amines is 1. The van der Waals surface area contributed by atoms with E-state index in [2.05, 4.69) is 20.6 Å². The smallest absolute Gasteiger partial charge is 0.235 e. The summed E-state index contributed by atoms with van der Waals surface area (Å²) in [6.45, 7) is 3.35. The zero-order chi connectivity index (χ0) is 16.2. The Morgan fingerprint density at radius 2 is 2.30 bits per heavy atom. The molecule has 2 aromatic rings. The summed E-state index contributed by atoms with van der Waals surface area (Å²) in [6, 6.07) is 7.60. The van der Waals surface area contributed by atoms with Gasteiger partial charge in [-0.3, -0.25) is 4.79 Å². The number of rotatable bonds is 4. The van der Waals surface area contributed by atoms with Crippen LogP contribution in [-0.4, -0.2) is 49.8 Å². The van der Waals surface area contributed by atoms with Crippen molar-refractivity contribution in [2.75, 3.05) is 13.1 Å². The van der Waals surface area contributed by atoms with Crippen LogP contribution in [0.1, 0.15) is 31.5 Å². The van der Waals surface area contributed by atoms with Gasteiger partial charge in [0.15, 0.2) is 5.82 Å². The molecule has 6 nitrogen and oxygen atoms in total. The van der Waals surface area contributed by atoms with E-state index < -0.39 is 0 Å². The summed E-state index contributed by atoms with van der Waals surface area (Å²) in [5.41, 5.74) is 0. The molecule has 0 spiro atoms. The molecule has 1 aromatic carbocycles. The van der Waals surface area contributed by atoms with E-state index >= 15 is 0 Å². The molecule has 1 fully saturated rings. The lowest BCUT2D eigenvalue weighted by molar-refractivity contribution is -0.131. The van der Waals surface area contributed by atoms with Crippen molar-refractivity contribution < 1.29 is 4.79 Å². The van der Waals surface area contributed by atoms with Crippen LogP contribution in [0, 0.1) is 0 Å². The monoisotopic (exact) mass is 351 g/mol. The molecule has 23 heavy (non-hydrogen) atoms. The van der Waals surface area contributed by atoms with Crippen molar-refractivity contribution in [2.45, 2.75) is 35.8 Å². The number of hydrogen-bond donors (Lipinski definition) is 1. The Bertz CT molecular complexity index is 666. The molecule has 0 saturated carbocycles. The van der Waals surface area contributed by atoms with E-state index in [4.69, 9.17) is 11.6 Å². The van der Waals surface area contributed by atoms with Crippen LogP contribution in [0.5, 0.6) is 0 Å². The third kappa shape index (κ3) is 3.84. The van der Waals surface area contributed by atoms with Gasteiger partial charge in [0.2, 0.25) is 5.91 Å². The molecule has 1 amide bonds. The van der Waals surface area contributed by atoms with Crippen molar-refractivity contribution in [3.8, 4) is 0 Å². The highest BCUT2D eigenvalue weighted by Crippen LogP contribution is 2.32. The van der Waals surface area contributed by atoms with Crippen molar-refractivity contribution in [3.05, 3.63) is 35.1 Å². The quantitative estimate of drug-likeness (QED) is 0.857. The van der Waals surface area contributed by atoms with Crippen molar-refractivity contribution in [1.29, 1.82) is 0 Å². The third-order valence-electron chi connectivity index (χ3n) is 3.95. The lowest BCUT2D eigenvalue weighted by atomic mass is 9.97. The first-order valence-electron chi connectivity index (χ1n) is 7.58. The number of carbonyl (C=O) groups is 1. The summed E-state index contributed by atoms with van der Waals surface area (Å²) >= 11 is 7.67. The van der Waals surface area contributed by atoms with Crippen LogP contribution >= 0.6 is 23.4 Å². The number of nitrogens with zero attached hydrogens (tertiary/aromatic N) is 4. The first-order valence-corrected chi connectivity index (χ1v) is 8.84. The zero-order valence-electron chi connectivity index (χ0n) is 12.8. The molecule has 122 valence electrons. The SMILES string of the molecule is C[C@@H](Sc1ccccc1Cl)C(=O)N1CCC[C@@H](c2nn[nH]n2)C1. The predicted octanol–water partition coefficient (Wildman–Crippen LogP) is 2.74. The number of nitrogens with one attached hydrogen (secondary N) is 1. The Balaban J connectivity index is 1.64. The minimum Gasteiger partial charge on any atom is -0.341 e. The number of thioether (sulfide) groups is 1. The summed E-state index contributed by atoms with van der Waals surface area (Å²) in [4.78, 5) is 15.6. The number of aromatic nitrogens is 4. The van der Waals surface area contributed by atoms with Crippen LogP contribution in [0.4, 0.5) is 0 Å². The summed E-state index contributed by atoms with van der Waals surface area (Å²) in [7, 11) is 0. The zero-order valence-corrected chi connectivity index (χ0v) is 14.3. The fourth-order valence-electron chi connectivity index (χ4n) is 2.77. The topological polar surface area (TPSA) is 74.8 Å². The first kappa shape index (κ1) is 16.3. The fourth-order valence-corrected chi connectivity index (χ4v) is 4.01. The van der Waals surface area contributed by atoms with E-state index in [1.165, 1.54) is 11.8 Å². The molecule has 0 radical (unpaired) electrons. The third-order valence-corrected chi connectivity index (χ3v) is 5.55. The van der Waals surface area contributed by atoms with Crippen molar-refractivity contribution >= 4 is 29.3 Å². The number of tetrazole rings is 1. The normalized spacial score (nSPS) is 19.6. The average Bonchev–Trinajstić information content (AvgIpc) is 3.11. The maximum atomic E-state index is 12.7. The van der Waals surface area contributed by atoms with E-state index in [1.54, 1.807) is 0 Å². The molecule has 1 N–H and O–H groups in total. The molecule has 0 bridgehead atoms. The molecule has 1 aromatic heterocycles. The van der Waals surface area contributed by atoms with Gasteiger partial charge in [0, 0.05) is 23.9 Å². The Morgan fingerprint density at radius 3 is 3.04 bits per heavy atom. The molecule has 3 rings (SSSR count). The van der Waals surface area contributed by atoms with Crippen LogP contribution in [0.15, 0.2) is 29.2 Å². The lowest BCUT2D eigenvalue weighted by Crippen LogP contribution is -2.42. The Morgan fingerprint density at radius 1 is 1.48 bits per heavy atom. The number of likely N-dealkylation sites (tertiary alicyclic amines) is 1. The van der Waals surface area contributed by atoms with Crippen molar-refractivity contribution in [1.82, 2.24) is 25.5 Å². The predicted molar refractivity (Wildman–Crippen MR) is 89.5 cm³/mol. The van der Waals surface area contributed by atoms with E-state index in [9.17, 15) is 4.79 Å². The second kappa shape index (κ2) is 7.31. The van der Waals surface area contributed by atoms with Gasteiger partial charge in [-0.1, -0.05) is 28.9 Å². The lowest BCUT2D eigenvalue weighted by Gasteiger charge is -2.33. The van der Waals surface area contributed by atoms with Gasteiger partial charge in [0.25, 0.3) is 0 Å². The number of hydrogen-bond acceptors (Lipinski definition) is 5. The molecular formula is C15H18ClN5OS. The second-order valence-corrected chi connectivity index (χ2v) is 7.37. The van der Waals surface area contributed by atoms with E-state index in [0.29, 0.717) is 17.4 Å². The number of amides is 1. The molecule has 2 heterocycles. The second-order valence-electron chi connectivity index (χ2n) is 5.58. The van der Waals surface area contributed by atoms with Gasteiger partial charge in [0.1, 0.15) is 0 Å². The summed E-state index contributed by atoms with van der Waals surface area (Å²) in [5.74, 6) is 0.973. The highest BCUT2D eigenvalue weighted by atomic mass is 35.5. The van der Waals surface area contributed by atoms with Gasteiger partial charge < -0.3 is 4.90 Å². The summed E-state index contributed by atoms with van der Waals surface area (Å²) in [6.07, 6.45) is 1.93. The van der Waals surface area contributed by atoms with Crippen molar-refractivity contribution in [2.24, 2.45) is 0 Å². The maximum Gasteiger partial charge on any atom is 0.235 e. The molecule has 2 atom stereocenters. The molecule has 1 aliphatic rings. The van der Waals surface area contributed by atoms with Gasteiger partial charge >= 0.3 is 0 Å². The number of halogens is 1. The van der Waals surface area contributed by atoms with Crippen LogP contribution in [0.25, 0.3) is 0 Å².